The van der Waals surface area contributed by atoms with E-state index in [2.05, 4.69) is 4.98 Å². The SMILES string of the molecule is COc1nc2c(C(CN)C(=O)O)cccc2o1. The van der Waals surface area contributed by atoms with Gasteiger partial charge in [-0.25, -0.2) is 0 Å². The molecule has 0 aliphatic carbocycles. The smallest absolute Gasteiger partial charge is 0.394 e. The van der Waals surface area contributed by atoms with Crippen molar-refractivity contribution in [2.45, 2.75) is 5.92 Å². The van der Waals surface area contributed by atoms with Crippen LogP contribution in [0.15, 0.2) is 22.6 Å². The Kier molecular flexibility index (Phi) is 2.97. The van der Waals surface area contributed by atoms with Crippen molar-refractivity contribution >= 4 is 17.1 Å². The highest BCUT2D eigenvalue weighted by Gasteiger charge is 2.22. The first-order chi connectivity index (χ1) is 8.17. The maximum atomic E-state index is 11.1. The van der Waals surface area contributed by atoms with Gasteiger partial charge in [0.05, 0.1) is 13.0 Å². The minimum Gasteiger partial charge on any atom is -0.481 e. The van der Waals surface area contributed by atoms with Crippen LogP contribution in [0.4, 0.5) is 0 Å². The fourth-order valence-corrected chi connectivity index (χ4v) is 1.68. The number of hydrogen-bond acceptors (Lipinski definition) is 5. The number of carboxylic acid groups (broad SMARTS) is 1. The van der Waals surface area contributed by atoms with E-state index in [-0.39, 0.29) is 12.6 Å². The number of rotatable bonds is 4. The van der Waals surface area contributed by atoms with Crippen molar-refractivity contribution in [3.05, 3.63) is 23.8 Å². The molecule has 6 nitrogen and oxygen atoms in total. The Morgan fingerprint density at radius 3 is 3.00 bits per heavy atom. The summed E-state index contributed by atoms with van der Waals surface area (Å²) in [7, 11) is 1.43. The van der Waals surface area contributed by atoms with Crippen LogP contribution < -0.4 is 10.5 Å². The molecule has 6 heteroatoms. The first kappa shape index (κ1) is 11.4. The van der Waals surface area contributed by atoms with E-state index in [1.165, 1.54) is 7.11 Å². The third-order valence-corrected chi connectivity index (χ3v) is 2.51. The number of carboxylic acids is 1. The molecule has 0 saturated heterocycles. The molecular formula is C11H12N2O4. The lowest BCUT2D eigenvalue weighted by Crippen LogP contribution is -2.21. The number of carbonyl (C=O) groups is 1. The van der Waals surface area contributed by atoms with Crippen LogP contribution in [0.2, 0.25) is 0 Å². The van der Waals surface area contributed by atoms with Crippen molar-refractivity contribution in [1.29, 1.82) is 0 Å². The molecule has 0 saturated carbocycles. The molecule has 0 aliphatic heterocycles. The predicted molar refractivity (Wildman–Crippen MR) is 60.0 cm³/mol. The molecule has 0 amide bonds. The Morgan fingerprint density at radius 1 is 1.65 bits per heavy atom. The molecule has 0 radical (unpaired) electrons. The number of aromatic nitrogens is 1. The Morgan fingerprint density at radius 2 is 2.41 bits per heavy atom. The molecule has 1 aromatic heterocycles. The third-order valence-electron chi connectivity index (χ3n) is 2.51. The zero-order valence-electron chi connectivity index (χ0n) is 9.21. The quantitative estimate of drug-likeness (QED) is 0.820. The van der Waals surface area contributed by atoms with Gasteiger partial charge in [0.1, 0.15) is 5.52 Å². The van der Waals surface area contributed by atoms with Crippen molar-refractivity contribution in [3.63, 3.8) is 0 Å². The van der Waals surface area contributed by atoms with Crippen molar-refractivity contribution < 1.29 is 19.1 Å². The van der Waals surface area contributed by atoms with E-state index < -0.39 is 11.9 Å². The first-order valence-electron chi connectivity index (χ1n) is 5.03. The first-order valence-corrected chi connectivity index (χ1v) is 5.03. The molecule has 0 aliphatic rings. The standard InChI is InChI=1S/C11H12N2O4/c1-16-11-13-9-6(7(5-12)10(14)15)3-2-4-8(9)17-11/h2-4,7H,5,12H2,1H3,(H,14,15). The van der Waals surface area contributed by atoms with E-state index in [0.717, 1.165) is 0 Å². The van der Waals surface area contributed by atoms with Crippen molar-refractivity contribution in [3.8, 4) is 6.08 Å². The molecule has 2 rings (SSSR count). The van der Waals surface area contributed by atoms with Gasteiger partial charge in [0, 0.05) is 6.54 Å². The number of benzene rings is 1. The van der Waals surface area contributed by atoms with E-state index in [1.54, 1.807) is 18.2 Å². The predicted octanol–water partition coefficient (Wildman–Crippen LogP) is 0.963. The largest absolute Gasteiger partial charge is 0.481 e. The van der Waals surface area contributed by atoms with Gasteiger partial charge in [-0.1, -0.05) is 12.1 Å². The van der Waals surface area contributed by atoms with Crippen LogP contribution in [0, 0.1) is 0 Å². The highest BCUT2D eigenvalue weighted by molar-refractivity contribution is 5.85. The number of aliphatic carboxylic acids is 1. The molecular weight excluding hydrogens is 224 g/mol. The zero-order chi connectivity index (χ0) is 12.4. The second kappa shape index (κ2) is 4.42. The van der Waals surface area contributed by atoms with Gasteiger partial charge in [0.15, 0.2) is 5.58 Å². The molecule has 1 heterocycles. The summed E-state index contributed by atoms with van der Waals surface area (Å²) in [4.78, 5) is 15.2. The maximum absolute atomic E-state index is 11.1. The van der Waals surface area contributed by atoms with Gasteiger partial charge in [0.25, 0.3) is 0 Å². The Balaban J connectivity index is 2.60. The lowest BCUT2D eigenvalue weighted by atomic mass is 9.98. The highest BCUT2D eigenvalue weighted by Crippen LogP contribution is 2.28. The molecule has 0 fully saturated rings. The Labute approximate surface area is 97.0 Å². The summed E-state index contributed by atoms with van der Waals surface area (Å²) in [6.45, 7) is 0.00359. The van der Waals surface area contributed by atoms with Gasteiger partial charge in [-0.05, 0) is 11.6 Å². The molecule has 0 bridgehead atoms. The van der Waals surface area contributed by atoms with Crippen molar-refractivity contribution in [1.82, 2.24) is 4.98 Å². The molecule has 3 N–H and O–H groups in total. The minimum atomic E-state index is -0.984. The summed E-state index contributed by atoms with van der Waals surface area (Å²) < 4.78 is 10.1. The van der Waals surface area contributed by atoms with Gasteiger partial charge in [-0.3, -0.25) is 4.79 Å². The summed E-state index contributed by atoms with van der Waals surface area (Å²) >= 11 is 0. The highest BCUT2D eigenvalue weighted by atomic mass is 16.6. The number of hydrogen-bond donors (Lipinski definition) is 2. The number of para-hydroxylation sites is 1. The second-order valence-electron chi connectivity index (χ2n) is 3.50. The topological polar surface area (TPSA) is 98.6 Å². The van der Waals surface area contributed by atoms with Crippen LogP contribution in [0.25, 0.3) is 11.1 Å². The zero-order valence-corrected chi connectivity index (χ0v) is 9.21. The summed E-state index contributed by atoms with van der Waals surface area (Å²) in [5.74, 6) is -1.78. The molecule has 2 aromatic rings. The second-order valence-corrected chi connectivity index (χ2v) is 3.50. The van der Waals surface area contributed by atoms with Crippen LogP contribution in [0.1, 0.15) is 11.5 Å². The van der Waals surface area contributed by atoms with Crippen LogP contribution in [0.5, 0.6) is 6.08 Å². The fourth-order valence-electron chi connectivity index (χ4n) is 1.68. The van der Waals surface area contributed by atoms with Crippen LogP contribution in [0.3, 0.4) is 0 Å². The fraction of sp³-hybridized carbons (Fsp3) is 0.273. The van der Waals surface area contributed by atoms with Crippen molar-refractivity contribution in [2.75, 3.05) is 13.7 Å². The van der Waals surface area contributed by atoms with Crippen LogP contribution in [-0.4, -0.2) is 29.7 Å². The molecule has 0 spiro atoms. The molecule has 1 aromatic carbocycles. The number of nitrogens with zero attached hydrogens (tertiary/aromatic N) is 1. The van der Waals surface area contributed by atoms with Gasteiger partial charge < -0.3 is 20.0 Å². The number of ether oxygens (including phenoxy) is 1. The van der Waals surface area contributed by atoms with Gasteiger partial charge >= 0.3 is 12.0 Å². The average Bonchev–Trinajstić information content (AvgIpc) is 2.73. The maximum Gasteiger partial charge on any atom is 0.394 e. The number of methoxy groups -OCH3 is 1. The summed E-state index contributed by atoms with van der Waals surface area (Å²) in [5, 5.41) is 9.08. The molecule has 17 heavy (non-hydrogen) atoms. The van der Waals surface area contributed by atoms with E-state index in [4.69, 9.17) is 20.0 Å². The van der Waals surface area contributed by atoms with E-state index in [1.807, 2.05) is 0 Å². The number of oxazole rings is 1. The Bertz CT molecular complexity index is 549. The lowest BCUT2D eigenvalue weighted by Gasteiger charge is -2.09. The average molecular weight is 236 g/mol. The monoisotopic (exact) mass is 236 g/mol. The molecule has 90 valence electrons. The molecule has 1 atom stereocenters. The van der Waals surface area contributed by atoms with E-state index >= 15 is 0 Å². The van der Waals surface area contributed by atoms with Gasteiger partial charge in [-0.2, -0.15) is 4.98 Å². The third kappa shape index (κ3) is 1.94. The van der Waals surface area contributed by atoms with Crippen LogP contribution >= 0.6 is 0 Å². The minimum absolute atomic E-state index is 0.00359. The number of fused-ring (bicyclic) bond motifs is 1. The summed E-state index contributed by atoms with van der Waals surface area (Å²) in [5.41, 5.74) is 6.96. The van der Waals surface area contributed by atoms with Gasteiger partial charge in [-0.15, -0.1) is 0 Å². The van der Waals surface area contributed by atoms with Gasteiger partial charge in [0.2, 0.25) is 0 Å². The van der Waals surface area contributed by atoms with E-state index in [0.29, 0.717) is 16.7 Å². The van der Waals surface area contributed by atoms with Crippen LogP contribution in [-0.2, 0) is 4.79 Å². The summed E-state index contributed by atoms with van der Waals surface area (Å²) in [6, 6.07) is 5.08. The van der Waals surface area contributed by atoms with Crippen molar-refractivity contribution in [2.24, 2.45) is 5.73 Å². The lowest BCUT2D eigenvalue weighted by molar-refractivity contribution is -0.138. The number of nitrogens with two attached hydrogens (primary N) is 1. The summed E-state index contributed by atoms with van der Waals surface area (Å²) in [6.07, 6.45) is 0.105. The molecule has 1 unspecified atom stereocenters. The Hall–Kier alpha value is -2.08. The normalized spacial score (nSPS) is 12.6. The van der Waals surface area contributed by atoms with E-state index in [9.17, 15) is 4.79 Å².